The molecule has 0 atom stereocenters. The van der Waals surface area contributed by atoms with E-state index in [0.29, 0.717) is 18.2 Å². The summed E-state index contributed by atoms with van der Waals surface area (Å²) in [5, 5.41) is 2.91. The maximum Gasteiger partial charge on any atom is 0.240 e. The molecular formula is C19H22FN3O2. The van der Waals surface area contributed by atoms with Crippen LogP contribution in [-0.2, 0) is 11.3 Å². The van der Waals surface area contributed by atoms with Crippen LogP contribution < -0.4 is 15.8 Å². The van der Waals surface area contributed by atoms with E-state index in [0.717, 1.165) is 37.7 Å². The van der Waals surface area contributed by atoms with Gasteiger partial charge in [-0.25, -0.2) is 9.37 Å². The monoisotopic (exact) mass is 343 g/mol. The van der Waals surface area contributed by atoms with Crippen LogP contribution in [0.15, 0.2) is 42.6 Å². The SMILES string of the molecule is NC1(C(=O)NCc2ccnc(Oc3ccc(F)cc3)c2)CCCCC1. The van der Waals surface area contributed by atoms with Crippen molar-refractivity contribution in [1.82, 2.24) is 10.3 Å². The van der Waals surface area contributed by atoms with Gasteiger partial charge in [0.15, 0.2) is 0 Å². The highest BCUT2D eigenvalue weighted by Gasteiger charge is 2.34. The molecule has 132 valence electrons. The van der Waals surface area contributed by atoms with Crippen LogP contribution in [0.25, 0.3) is 0 Å². The quantitative estimate of drug-likeness (QED) is 0.873. The summed E-state index contributed by atoms with van der Waals surface area (Å²) in [6, 6.07) is 9.27. The minimum Gasteiger partial charge on any atom is -0.439 e. The summed E-state index contributed by atoms with van der Waals surface area (Å²) >= 11 is 0. The summed E-state index contributed by atoms with van der Waals surface area (Å²) in [7, 11) is 0. The second-order valence-electron chi connectivity index (χ2n) is 6.46. The highest BCUT2D eigenvalue weighted by Crippen LogP contribution is 2.26. The molecule has 3 N–H and O–H groups in total. The molecule has 1 fully saturated rings. The van der Waals surface area contributed by atoms with Crippen LogP contribution in [0, 0.1) is 5.82 Å². The number of carbonyl (C=O) groups is 1. The Morgan fingerprint density at radius 3 is 2.64 bits per heavy atom. The standard InChI is InChI=1S/C19H22FN3O2/c20-15-4-6-16(7-5-15)25-17-12-14(8-11-22-17)13-23-18(24)19(21)9-2-1-3-10-19/h4-8,11-12H,1-3,9-10,13,21H2,(H,23,24). The van der Waals surface area contributed by atoms with E-state index in [4.69, 9.17) is 10.5 Å². The van der Waals surface area contributed by atoms with Gasteiger partial charge in [-0.1, -0.05) is 19.3 Å². The minimum absolute atomic E-state index is 0.106. The number of aromatic nitrogens is 1. The molecule has 0 unspecified atom stereocenters. The lowest BCUT2D eigenvalue weighted by atomic mass is 9.82. The number of carbonyl (C=O) groups excluding carboxylic acids is 1. The molecule has 1 aromatic carbocycles. The maximum atomic E-state index is 12.9. The zero-order valence-corrected chi connectivity index (χ0v) is 14.0. The van der Waals surface area contributed by atoms with Crippen LogP contribution in [0.2, 0.25) is 0 Å². The molecule has 25 heavy (non-hydrogen) atoms. The van der Waals surface area contributed by atoms with E-state index in [-0.39, 0.29) is 11.7 Å². The first-order valence-electron chi connectivity index (χ1n) is 8.51. The molecule has 0 saturated heterocycles. The van der Waals surface area contributed by atoms with Crippen molar-refractivity contribution in [1.29, 1.82) is 0 Å². The summed E-state index contributed by atoms with van der Waals surface area (Å²) in [5.41, 5.74) is 6.34. The molecule has 1 saturated carbocycles. The maximum absolute atomic E-state index is 12.9. The number of pyridine rings is 1. The van der Waals surface area contributed by atoms with Crippen molar-refractivity contribution in [2.24, 2.45) is 5.73 Å². The molecule has 5 nitrogen and oxygen atoms in total. The van der Waals surface area contributed by atoms with E-state index in [1.807, 2.05) is 6.07 Å². The molecule has 1 aliphatic rings. The number of nitrogens with zero attached hydrogens (tertiary/aromatic N) is 1. The molecule has 1 aromatic heterocycles. The van der Waals surface area contributed by atoms with Crippen molar-refractivity contribution in [2.75, 3.05) is 0 Å². The predicted octanol–water partition coefficient (Wildman–Crippen LogP) is 3.29. The Labute approximate surface area is 146 Å². The summed E-state index contributed by atoms with van der Waals surface area (Å²) in [4.78, 5) is 16.5. The highest BCUT2D eigenvalue weighted by molar-refractivity contribution is 5.86. The van der Waals surface area contributed by atoms with Crippen LogP contribution >= 0.6 is 0 Å². The molecule has 0 radical (unpaired) electrons. The van der Waals surface area contributed by atoms with E-state index >= 15 is 0 Å². The first-order chi connectivity index (χ1) is 12.0. The Morgan fingerprint density at radius 2 is 1.92 bits per heavy atom. The van der Waals surface area contributed by atoms with Gasteiger partial charge in [-0.3, -0.25) is 4.79 Å². The first-order valence-corrected chi connectivity index (χ1v) is 8.51. The third-order valence-corrected chi connectivity index (χ3v) is 4.49. The van der Waals surface area contributed by atoms with Crippen LogP contribution in [-0.4, -0.2) is 16.4 Å². The smallest absolute Gasteiger partial charge is 0.240 e. The van der Waals surface area contributed by atoms with Gasteiger partial charge in [0.1, 0.15) is 11.6 Å². The van der Waals surface area contributed by atoms with E-state index in [1.54, 1.807) is 12.3 Å². The van der Waals surface area contributed by atoms with Gasteiger partial charge in [0.25, 0.3) is 0 Å². The van der Waals surface area contributed by atoms with E-state index in [2.05, 4.69) is 10.3 Å². The number of hydrogen-bond donors (Lipinski definition) is 2. The molecule has 1 amide bonds. The lowest BCUT2D eigenvalue weighted by molar-refractivity contribution is -0.127. The minimum atomic E-state index is -0.751. The molecule has 0 spiro atoms. The fourth-order valence-corrected chi connectivity index (χ4v) is 3.01. The van der Waals surface area contributed by atoms with Crippen molar-refractivity contribution in [3.63, 3.8) is 0 Å². The van der Waals surface area contributed by atoms with E-state index in [1.165, 1.54) is 24.3 Å². The van der Waals surface area contributed by atoms with Gasteiger partial charge >= 0.3 is 0 Å². The number of halogens is 1. The zero-order valence-electron chi connectivity index (χ0n) is 14.0. The number of amides is 1. The lowest BCUT2D eigenvalue weighted by Crippen LogP contribution is -2.54. The number of benzene rings is 1. The molecular weight excluding hydrogens is 321 g/mol. The molecule has 0 aliphatic heterocycles. The number of nitrogens with one attached hydrogen (secondary N) is 1. The largest absolute Gasteiger partial charge is 0.439 e. The van der Waals surface area contributed by atoms with Gasteiger partial charge in [-0.15, -0.1) is 0 Å². The molecule has 0 bridgehead atoms. The Morgan fingerprint density at radius 1 is 1.20 bits per heavy atom. The van der Waals surface area contributed by atoms with Crippen molar-refractivity contribution in [3.05, 3.63) is 54.0 Å². The van der Waals surface area contributed by atoms with Crippen molar-refractivity contribution < 1.29 is 13.9 Å². The van der Waals surface area contributed by atoms with Gasteiger partial charge in [0.2, 0.25) is 11.8 Å². The Balaban J connectivity index is 1.59. The third-order valence-electron chi connectivity index (χ3n) is 4.49. The summed E-state index contributed by atoms with van der Waals surface area (Å²) in [5.74, 6) is 0.455. The predicted molar refractivity (Wildman–Crippen MR) is 92.6 cm³/mol. The Hall–Kier alpha value is -2.47. The van der Waals surface area contributed by atoms with Crippen LogP contribution in [0.5, 0.6) is 11.6 Å². The van der Waals surface area contributed by atoms with Gasteiger partial charge < -0.3 is 15.8 Å². The topological polar surface area (TPSA) is 77.2 Å². The molecule has 6 heteroatoms. The number of hydrogen-bond acceptors (Lipinski definition) is 4. The van der Waals surface area contributed by atoms with Crippen molar-refractivity contribution in [2.45, 2.75) is 44.2 Å². The summed E-state index contributed by atoms with van der Waals surface area (Å²) in [6.45, 7) is 0.361. The van der Waals surface area contributed by atoms with Crippen LogP contribution in [0.4, 0.5) is 4.39 Å². The fraction of sp³-hybridized carbons (Fsp3) is 0.368. The lowest BCUT2D eigenvalue weighted by Gasteiger charge is -2.31. The van der Waals surface area contributed by atoms with Crippen molar-refractivity contribution in [3.8, 4) is 11.6 Å². The van der Waals surface area contributed by atoms with Gasteiger partial charge in [0.05, 0.1) is 5.54 Å². The second kappa shape index (κ2) is 7.61. The summed E-state index contributed by atoms with van der Waals surface area (Å²) in [6.07, 6.45) is 6.20. The van der Waals surface area contributed by atoms with Gasteiger partial charge in [0, 0.05) is 18.8 Å². The average Bonchev–Trinajstić information content (AvgIpc) is 2.62. The normalized spacial score (nSPS) is 16.2. The summed E-state index contributed by atoms with van der Waals surface area (Å²) < 4.78 is 18.5. The van der Waals surface area contributed by atoms with Crippen LogP contribution in [0.1, 0.15) is 37.7 Å². The zero-order chi connectivity index (χ0) is 17.7. The van der Waals surface area contributed by atoms with E-state index in [9.17, 15) is 9.18 Å². The average molecular weight is 343 g/mol. The second-order valence-corrected chi connectivity index (χ2v) is 6.46. The van der Waals surface area contributed by atoms with Crippen LogP contribution in [0.3, 0.4) is 0 Å². The van der Waals surface area contributed by atoms with Gasteiger partial charge in [-0.2, -0.15) is 0 Å². The molecule has 1 aliphatic carbocycles. The Bertz CT molecular complexity index is 728. The fourth-order valence-electron chi connectivity index (χ4n) is 3.01. The molecule has 3 rings (SSSR count). The first kappa shape index (κ1) is 17.4. The number of nitrogens with two attached hydrogens (primary N) is 1. The Kier molecular flexibility index (Phi) is 5.28. The number of rotatable bonds is 5. The highest BCUT2D eigenvalue weighted by atomic mass is 19.1. The number of ether oxygens (including phenoxy) is 1. The van der Waals surface area contributed by atoms with E-state index < -0.39 is 5.54 Å². The van der Waals surface area contributed by atoms with Gasteiger partial charge in [-0.05, 0) is 48.7 Å². The molecule has 2 aromatic rings. The third kappa shape index (κ3) is 4.54. The molecule has 1 heterocycles. The van der Waals surface area contributed by atoms with Crippen molar-refractivity contribution >= 4 is 5.91 Å².